The van der Waals surface area contributed by atoms with E-state index in [1.54, 1.807) is 49.4 Å². The van der Waals surface area contributed by atoms with E-state index >= 15 is 4.39 Å². The number of hydrogen-bond acceptors (Lipinski definition) is 4. The number of nitrogens with zero attached hydrogens (tertiary/aromatic N) is 2. The smallest absolute Gasteiger partial charge is 0.264 e. The van der Waals surface area contributed by atoms with Crippen LogP contribution in [0.25, 0.3) is 0 Å². The van der Waals surface area contributed by atoms with Crippen LogP contribution in [-0.4, -0.2) is 43.8 Å². The lowest BCUT2D eigenvalue weighted by atomic mass is 10.0. The summed E-state index contributed by atoms with van der Waals surface area (Å²) in [5.41, 5.74) is 1.91. The normalized spacial score (nSPS) is 12.6. The van der Waals surface area contributed by atoms with E-state index in [2.05, 4.69) is 5.32 Å². The number of hydrogen-bond donors (Lipinski definition) is 1. The number of carbonyl (C=O) groups is 2. The van der Waals surface area contributed by atoms with Gasteiger partial charge in [-0.3, -0.25) is 13.9 Å². The Morgan fingerprint density at radius 1 is 0.889 bits per heavy atom. The number of anilines is 1. The first-order valence-corrected chi connectivity index (χ1v) is 16.5. The molecule has 0 bridgehead atoms. The van der Waals surface area contributed by atoms with Gasteiger partial charge < -0.3 is 10.2 Å². The van der Waals surface area contributed by atoms with Crippen molar-refractivity contribution in [2.24, 2.45) is 0 Å². The van der Waals surface area contributed by atoms with Crippen LogP contribution in [0.4, 0.5) is 10.1 Å². The van der Waals surface area contributed by atoms with E-state index in [-0.39, 0.29) is 29.5 Å². The minimum Gasteiger partial charge on any atom is -0.352 e. The van der Waals surface area contributed by atoms with Crippen molar-refractivity contribution in [3.05, 3.63) is 131 Å². The second-order valence-electron chi connectivity index (χ2n) is 10.9. The van der Waals surface area contributed by atoms with E-state index in [1.165, 1.54) is 35.2 Å². The molecular weight excluding hydrogens is 613 g/mol. The van der Waals surface area contributed by atoms with Crippen molar-refractivity contribution in [3.8, 4) is 0 Å². The molecule has 0 aliphatic rings. The molecule has 0 saturated heterocycles. The maximum atomic E-state index is 15.0. The molecule has 0 saturated carbocycles. The average Bonchev–Trinajstić information content (AvgIpc) is 3.03. The van der Waals surface area contributed by atoms with Gasteiger partial charge in [0, 0.05) is 29.6 Å². The third-order valence-electron chi connectivity index (χ3n) is 7.64. The summed E-state index contributed by atoms with van der Waals surface area (Å²) < 4.78 is 44.3. The molecule has 236 valence electrons. The topological polar surface area (TPSA) is 86.8 Å². The summed E-state index contributed by atoms with van der Waals surface area (Å²) in [6, 6.07) is 26.5. The van der Waals surface area contributed by atoms with Crippen LogP contribution in [0, 0.1) is 12.7 Å². The highest BCUT2D eigenvalue weighted by Crippen LogP contribution is 2.28. The molecule has 2 amide bonds. The monoisotopic (exact) mass is 649 g/mol. The van der Waals surface area contributed by atoms with Gasteiger partial charge in [0.15, 0.2) is 0 Å². The lowest BCUT2D eigenvalue weighted by molar-refractivity contribution is -0.140. The Hall–Kier alpha value is -4.21. The summed E-state index contributed by atoms with van der Waals surface area (Å²) in [5.74, 6) is -1.62. The van der Waals surface area contributed by atoms with Crippen molar-refractivity contribution in [3.63, 3.8) is 0 Å². The van der Waals surface area contributed by atoms with Crippen molar-refractivity contribution in [1.82, 2.24) is 10.2 Å². The summed E-state index contributed by atoms with van der Waals surface area (Å²) in [6.45, 7) is 4.66. The number of rotatable bonds is 13. The van der Waals surface area contributed by atoms with Gasteiger partial charge in [-0.1, -0.05) is 85.3 Å². The molecule has 4 aromatic carbocycles. The highest BCUT2D eigenvalue weighted by atomic mass is 35.5. The molecule has 0 aliphatic carbocycles. The second kappa shape index (κ2) is 15.2. The fraction of sp³-hybridized carbons (Fsp3) is 0.257. The standard InChI is InChI=1S/C35H37ClFN3O4S/c1-4-26(3)38-35(42)33(22-27-13-6-5-7-14-27)39(23-28-15-9-10-16-31(28)37)34(41)24-40(32-17-11-8-12-25(32)2)45(43,44)30-20-18-29(36)19-21-30/h5-21,26,33H,4,22-24H2,1-3H3,(H,38,42)/t26-,33+/m1/s1. The van der Waals surface area contributed by atoms with Crippen LogP contribution < -0.4 is 9.62 Å². The van der Waals surface area contributed by atoms with Gasteiger partial charge in [-0.15, -0.1) is 0 Å². The Bertz CT molecular complexity index is 1720. The maximum absolute atomic E-state index is 15.0. The lowest BCUT2D eigenvalue weighted by Crippen LogP contribution is -2.54. The molecule has 7 nitrogen and oxygen atoms in total. The number of para-hydroxylation sites is 1. The van der Waals surface area contributed by atoms with Gasteiger partial charge in [-0.25, -0.2) is 12.8 Å². The molecule has 2 atom stereocenters. The van der Waals surface area contributed by atoms with Crippen LogP contribution in [0.3, 0.4) is 0 Å². The SMILES string of the molecule is CC[C@@H](C)NC(=O)[C@H](Cc1ccccc1)N(Cc1ccccc1F)C(=O)CN(c1ccccc1C)S(=O)(=O)c1ccc(Cl)cc1. The molecule has 0 spiro atoms. The first-order chi connectivity index (χ1) is 21.5. The fourth-order valence-corrected chi connectivity index (χ4v) is 6.50. The van der Waals surface area contributed by atoms with E-state index in [9.17, 15) is 18.0 Å². The zero-order chi connectivity index (χ0) is 32.6. The Morgan fingerprint density at radius 2 is 1.51 bits per heavy atom. The van der Waals surface area contributed by atoms with Crippen molar-refractivity contribution in [2.75, 3.05) is 10.8 Å². The molecular formula is C35H37ClFN3O4S. The minimum atomic E-state index is -4.28. The quantitative estimate of drug-likeness (QED) is 0.178. The van der Waals surface area contributed by atoms with Crippen LogP contribution in [0.15, 0.2) is 108 Å². The molecule has 45 heavy (non-hydrogen) atoms. The van der Waals surface area contributed by atoms with Crippen LogP contribution in [0.2, 0.25) is 5.02 Å². The molecule has 0 aromatic heterocycles. The van der Waals surface area contributed by atoms with E-state index in [0.717, 1.165) is 9.87 Å². The number of nitrogens with one attached hydrogen (secondary N) is 1. The van der Waals surface area contributed by atoms with Gasteiger partial charge in [0.2, 0.25) is 11.8 Å². The van der Waals surface area contributed by atoms with Gasteiger partial charge in [0.25, 0.3) is 10.0 Å². The van der Waals surface area contributed by atoms with Crippen molar-refractivity contribution < 1.29 is 22.4 Å². The number of sulfonamides is 1. The summed E-state index contributed by atoms with van der Waals surface area (Å²) >= 11 is 6.04. The second-order valence-corrected chi connectivity index (χ2v) is 13.2. The third-order valence-corrected chi connectivity index (χ3v) is 9.66. The maximum Gasteiger partial charge on any atom is 0.264 e. The van der Waals surface area contributed by atoms with Gasteiger partial charge in [0.05, 0.1) is 10.6 Å². The largest absolute Gasteiger partial charge is 0.352 e. The molecule has 10 heteroatoms. The zero-order valence-corrected chi connectivity index (χ0v) is 27.1. The molecule has 0 heterocycles. The molecule has 4 rings (SSSR count). The van der Waals surface area contributed by atoms with Gasteiger partial charge in [0.1, 0.15) is 18.4 Å². The van der Waals surface area contributed by atoms with Crippen molar-refractivity contribution in [1.29, 1.82) is 0 Å². The lowest BCUT2D eigenvalue weighted by Gasteiger charge is -2.34. The zero-order valence-electron chi connectivity index (χ0n) is 25.5. The third kappa shape index (κ3) is 8.49. The highest BCUT2D eigenvalue weighted by molar-refractivity contribution is 7.92. The van der Waals surface area contributed by atoms with E-state index in [4.69, 9.17) is 11.6 Å². The van der Waals surface area contributed by atoms with Crippen LogP contribution >= 0.6 is 11.6 Å². The number of benzene rings is 4. The summed E-state index contributed by atoms with van der Waals surface area (Å²) in [7, 11) is -4.28. The Balaban J connectivity index is 1.83. The first-order valence-electron chi connectivity index (χ1n) is 14.7. The van der Waals surface area contributed by atoms with Gasteiger partial charge in [-0.2, -0.15) is 0 Å². The predicted molar refractivity (Wildman–Crippen MR) is 176 cm³/mol. The number of carbonyl (C=O) groups excluding carboxylic acids is 2. The molecule has 4 aromatic rings. The van der Waals surface area contributed by atoms with Crippen LogP contribution in [0.5, 0.6) is 0 Å². The average molecular weight is 650 g/mol. The van der Waals surface area contributed by atoms with Crippen LogP contribution in [-0.2, 0) is 32.6 Å². The van der Waals surface area contributed by atoms with E-state index in [0.29, 0.717) is 22.7 Å². The summed E-state index contributed by atoms with van der Waals surface area (Å²) in [5, 5.41) is 3.33. The first kappa shape index (κ1) is 33.7. The summed E-state index contributed by atoms with van der Waals surface area (Å²) in [6.07, 6.45) is 0.795. The fourth-order valence-electron chi connectivity index (χ4n) is 4.90. The Kier molecular flexibility index (Phi) is 11.4. The number of halogens is 2. The Morgan fingerprint density at radius 3 is 2.16 bits per heavy atom. The molecule has 0 fully saturated rings. The van der Waals surface area contributed by atoms with Crippen molar-refractivity contribution >= 4 is 39.1 Å². The minimum absolute atomic E-state index is 0.0565. The molecule has 0 radical (unpaired) electrons. The molecule has 1 N–H and O–H groups in total. The predicted octanol–water partition coefficient (Wildman–Crippen LogP) is 6.54. The highest BCUT2D eigenvalue weighted by Gasteiger charge is 2.35. The van der Waals surface area contributed by atoms with Crippen LogP contribution in [0.1, 0.15) is 37.0 Å². The van der Waals surface area contributed by atoms with Gasteiger partial charge >= 0.3 is 0 Å². The number of aryl methyl sites for hydroxylation is 1. The number of amides is 2. The van der Waals surface area contributed by atoms with E-state index < -0.39 is 40.2 Å². The van der Waals surface area contributed by atoms with Crippen molar-refractivity contribution in [2.45, 2.75) is 57.1 Å². The molecule has 0 aliphatic heterocycles. The Labute approximate surface area is 269 Å². The van der Waals surface area contributed by atoms with E-state index in [1.807, 2.05) is 44.2 Å². The van der Waals surface area contributed by atoms with Gasteiger partial charge in [-0.05, 0) is 67.8 Å². The molecule has 0 unspecified atom stereocenters. The summed E-state index contributed by atoms with van der Waals surface area (Å²) in [4.78, 5) is 29.6.